The van der Waals surface area contributed by atoms with Crippen molar-refractivity contribution in [3.63, 3.8) is 0 Å². The molecule has 130 valence electrons. The molecule has 0 radical (unpaired) electrons. The van der Waals surface area contributed by atoms with Gasteiger partial charge in [-0.1, -0.05) is 12.1 Å². The first kappa shape index (κ1) is 18.0. The predicted molar refractivity (Wildman–Crippen MR) is 78.2 cm³/mol. The molecule has 2 nitrogen and oxygen atoms in total. The van der Waals surface area contributed by atoms with Gasteiger partial charge in [0.1, 0.15) is 6.61 Å². The van der Waals surface area contributed by atoms with Crippen molar-refractivity contribution in [2.75, 3.05) is 0 Å². The van der Waals surface area contributed by atoms with E-state index in [1.54, 1.807) is 13.0 Å². The highest BCUT2D eigenvalue weighted by molar-refractivity contribution is 5.42. The Morgan fingerprint density at radius 1 is 1.00 bits per heavy atom. The van der Waals surface area contributed by atoms with Gasteiger partial charge in [0.2, 0.25) is 0 Å². The Morgan fingerprint density at radius 3 is 2.21 bits per heavy atom. The van der Waals surface area contributed by atoms with Gasteiger partial charge < -0.3 is 9.84 Å². The fourth-order valence-electron chi connectivity index (χ4n) is 2.19. The van der Waals surface area contributed by atoms with Gasteiger partial charge in [0.25, 0.3) is 5.92 Å². The lowest BCUT2D eigenvalue weighted by Crippen LogP contribution is -2.15. The lowest BCUT2D eigenvalue weighted by atomic mass is 9.99. The smallest absolute Gasteiger partial charge is 0.416 e. The molecule has 0 unspecified atom stereocenters. The van der Waals surface area contributed by atoms with Crippen LogP contribution in [0.3, 0.4) is 0 Å². The van der Waals surface area contributed by atoms with Gasteiger partial charge in [0.05, 0.1) is 5.56 Å². The van der Waals surface area contributed by atoms with Gasteiger partial charge in [-0.05, 0) is 42.3 Å². The third-order valence-electron chi connectivity index (χ3n) is 3.41. The molecular formula is C17H15F5O2. The van der Waals surface area contributed by atoms with Gasteiger partial charge in [-0.3, -0.25) is 0 Å². The summed E-state index contributed by atoms with van der Waals surface area (Å²) < 4.78 is 70.8. The summed E-state index contributed by atoms with van der Waals surface area (Å²) in [5.74, 6) is -3.58. The van der Waals surface area contributed by atoms with Crippen LogP contribution < -0.4 is 4.74 Å². The van der Waals surface area contributed by atoms with Crippen molar-refractivity contribution >= 4 is 0 Å². The van der Waals surface area contributed by atoms with E-state index in [4.69, 9.17) is 4.74 Å². The number of phenols is 1. The maximum Gasteiger partial charge on any atom is 0.416 e. The van der Waals surface area contributed by atoms with E-state index in [0.29, 0.717) is 13.0 Å². The first-order chi connectivity index (χ1) is 11.0. The molecule has 2 aromatic carbocycles. The maximum absolute atomic E-state index is 13.7. The summed E-state index contributed by atoms with van der Waals surface area (Å²) in [5.41, 5.74) is -1.23. The van der Waals surface area contributed by atoms with Crippen LogP contribution in [-0.4, -0.2) is 5.11 Å². The van der Waals surface area contributed by atoms with Crippen LogP contribution in [0.5, 0.6) is 11.5 Å². The summed E-state index contributed by atoms with van der Waals surface area (Å²) >= 11 is 0. The number of hydrogen-bond donors (Lipinski definition) is 1. The van der Waals surface area contributed by atoms with Crippen molar-refractivity contribution in [1.29, 1.82) is 0 Å². The molecule has 2 aromatic rings. The fraction of sp³-hybridized carbons (Fsp3) is 0.294. The molecule has 0 aliphatic carbocycles. The van der Waals surface area contributed by atoms with E-state index in [9.17, 15) is 27.1 Å². The second kappa shape index (κ2) is 6.30. The first-order valence-electron chi connectivity index (χ1n) is 6.99. The Kier molecular flexibility index (Phi) is 4.73. The zero-order valence-electron chi connectivity index (χ0n) is 12.9. The van der Waals surface area contributed by atoms with E-state index in [2.05, 4.69) is 0 Å². The number of aryl methyl sites for hydroxylation is 1. The van der Waals surface area contributed by atoms with E-state index in [-0.39, 0.29) is 17.1 Å². The van der Waals surface area contributed by atoms with Crippen LogP contribution in [-0.2, 0) is 18.7 Å². The molecule has 0 amide bonds. The number of hydrogen-bond acceptors (Lipinski definition) is 2. The Morgan fingerprint density at radius 2 is 1.67 bits per heavy atom. The summed E-state index contributed by atoms with van der Waals surface area (Å²) in [5, 5.41) is 9.73. The predicted octanol–water partition coefficient (Wildman–Crippen LogP) is 5.41. The topological polar surface area (TPSA) is 29.5 Å². The zero-order chi connectivity index (χ0) is 18.1. The van der Waals surface area contributed by atoms with Crippen LogP contribution >= 0.6 is 0 Å². The molecule has 0 bridgehead atoms. The van der Waals surface area contributed by atoms with Gasteiger partial charge in [0.15, 0.2) is 11.5 Å². The van der Waals surface area contributed by atoms with Gasteiger partial charge in [-0.2, -0.15) is 13.2 Å². The summed E-state index contributed by atoms with van der Waals surface area (Å²) in [7, 11) is 0. The van der Waals surface area contributed by atoms with E-state index in [1.807, 2.05) is 0 Å². The molecule has 0 saturated heterocycles. The number of aromatic hydroxyl groups is 1. The molecule has 2 rings (SSSR count). The summed E-state index contributed by atoms with van der Waals surface area (Å²) in [6, 6.07) is 6.64. The first-order valence-corrected chi connectivity index (χ1v) is 6.99. The average Bonchev–Trinajstić information content (AvgIpc) is 2.44. The Labute approximate surface area is 135 Å². The highest BCUT2D eigenvalue weighted by Gasteiger charge is 2.35. The molecule has 0 fully saturated rings. The van der Waals surface area contributed by atoms with Crippen molar-refractivity contribution in [2.24, 2.45) is 0 Å². The molecule has 0 saturated carbocycles. The van der Waals surface area contributed by atoms with Crippen LogP contribution in [0.4, 0.5) is 22.0 Å². The number of halogens is 5. The minimum atomic E-state index is -4.71. The standard InChI is InChI=1S/C17H15F5O2/c1-10-3-6-15(14(23)7-10)24-9-11-4-5-12(17(20,21)22)8-13(11)16(2,18)19/h3-8,23H,9H2,1-2H3. The molecule has 1 N–H and O–H groups in total. The Bertz CT molecular complexity index is 733. The van der Waals surface area contributed by atoms with Crippen molar-refractivity contribution in [2.45, 2.75) is 32.6 Å². The van der Waals surface area contributed by atoms with E-state index < -0.39 is 29.8 Å². The van der Waals surface area contributed by atoms with Crippen LogP contribution in [0.15, 0.2) is 36.4 Å². The quantitative estimate of drug-likeness (QED) is 0.750. The largest absolute Gasteiger partial charge is 0.504 e. The van der Waals surface area contributed by atoms with Crippen LogP contribution in [0.25, 0.3) is 0 Å². The SMILES string of the molecule is Cc1ccc(OCc2ccc(C(F)(F)F)cc2C(C)(F)F)c(O)c1. The van der Waals surface area contributed by atoms with E-state index in [0.717, 1.165) is 17.7 Å². The third kappa shape index (κ3) is 4.15. The second-order valence-corrected chi connectivity index (χ2v) is 5.52. The Hall–Kier alpha value is -2.31. The number of phenolic OH excluding ortho intramolecular Hbond substituents is 1. The molecule has 0 aliphatic heterocycles. The van der Waals surface area contributed by atoms with E-state index in [1.165, 1.54) is 12.1 Å². The molecule has 24 heavy (non-hydrogen) atoms. The maximum atomic E-state index is 13.7. The molecule has 0 spiro atoms. The summed E-state index contributed by atoms with van der Waals surface area (Å²) in [6.45, 7) is 1.87. The molecule has 0 aromatic heterocycles. The van der Waals surface area contributed by atoms with Gasteiger partial charge in [0, 0.05) is 12.5 Å². The molecule has 0 atom stereocenters. The van der Waals surface area contributed by atoms with Gasteiger partial charge in [-0.15, -0.1) is 0 Å². The third-order valence-corrected chi connectivity index (χ3v) is 3.41. The van der Waals surface area contributed by atoms with Gasteiger partial charge in [-0.25, -0.2) is 8.78 Å². The lowest BCUT2D eigenvalue weighted by molar-refractivity contribution is -0.137. The number of alkyl halides is 5. The van der Waals surface area contributed by atoms with Crippen molar-refractivity contribution in [3.8, 4) is 11.5 Å². The zero-order valence-corrected chi connectivity index (χ0v) is 12.9. The molecular weight excluding hydrogens is 331 g/mol. The average molecular weight is 346 g/mol. The van der Waals surface area contributed by atoms with Crippen molar-refractivity contribution < 1.29 is 31.8 Å². The monoisotopic (exact) mass is 346 g/mol. The second-order valence-electron chi connectivity index (χ2n) is 5.52. The van der Waals surface area contributed by atoms with Crippen LogP contribution in [0, 0.1) is 6.92 Å². The number of benzene rings is 2. The van der Waals surface area contributed by atoms with E-state index >= 15 is 0 Å². The summed E-state index contributed by atoms with van der Waals surface area (Å²) in [4.78, 5) is 0. The van der Waals surface area contributed by atoms with Gasteiger partial charge >= 0.3 is 6.18 Å². The summed E-state index contributed by atoms with van der Waals surface area (Å²) in [6.07, 6.45) is -4.71. The van der Waals surface area contributed by atoms with Crippen LogP contribution in [0.1, 0.15) is 29.2 Å². The highest BCUT2D eigenvalue weighted by Crippen LogP contribution is 2.37. The lowest BCUT2D eigenvalue weighted by Gasteiger charge is -2.19. The fourth-order valence-corrected chi connectivity index (χ4v) is 2.19. The minimum Gasteiger partial charge on any atom is -0.504 e. The molecule has 0 aliphatic rings. The highest BCUT2D eigenvalue weighted by atomic mass is 19.4. The number of rotatable bonds is 4. The normalized spacial score (nSPS) is 12.3. The molecule has 0 heterocycles. The minimum absolute atomic E-state index is 0.0610. The van der Waals surface area contributed by atoms with Crippen molar-refractivity contribution in [3.05, 3.63) is 58.7 Å². The van der Waals surface area contributed by atoms with Crippen molar-refractivity contribution in [1.82, 2.24) is 0 Å². The Balaban J connectivity index is 2.32. The van der Waals surface area contributed by atoms with Crippen LogP contribution in [0.2, 0.25) is 0 Å². The molecule has 7 heteroatoms. The number of ether oxygens (including phenoxy) is 1.